The Hall–Kier alpha value is -2.33. The van der Waals surface area contributed by atoms with Crippen molar-refractivity contribution in [2.75, 3.05) is 39.5 Å². The quantitative estimate of drug-likeness (QED) is 0.311. The van der Waals surface area contributed by atoms with Gasteiger partial charge in [-0.1, -0.05) is 18.2 Å². The number of nitrogens with one attached hydrogen (secondary N) is 2. The standard InChI is InChI=1S/C20H19IN6S/c21-24-19-13-17(20-16(23-19)12-18(28-20)15-6-7-22-25-15)27-10-8-26(9-11-27)14-4-2-1-3-5-14/h1-7,12-13H,8-11H2,(H,22,25)(H,23,24). The van der Waals surface area contributed by atoms with Gasteiger partial charge in [0.05, 0.1) is 49.3 Å². The summed E-state index contributed by atoms with van der Waals surface area (Å²) in [5.41, 5.74) is 4.62. The Balaban J connectivity index is 1.46. The van der Waals surface area contributed by atoms with Crippen molar-refractivity contribution in [1.29, 1.82) is 0 Å². The molecule has 28 heavy (non-hydrogen) atoms. The van der Waals surface area contributed by atoms with Crippen LogP contribution in [0.15, 0.2) is 54.7 Å². The van der Waals surface area contributed by atoms with Crippen LogP contribution in [-0.4, -0.2) is 41.4 Å². The number of aromatic amines is 1. The van der Waals surface area contributed by atoms with Crippen molar-refractivity contribution < 1.29 is 0 Å². The smallest absolute Gasteiger partial charge is 0.137 e. The van der Waals surface area contributed by atoms with E-state index in [9.17, 15) is 0 Å². The number of nitrogens with zero attached hydrogens (tertiary/aromatic N) is 4. The van der Waals surface area contributed by atoms with Crippen molar-refractivity contribution in [3.63, 3.8) is 0 Å². The number of thiophene rings is 1. The van der Waals surface area contributed by atoms with Crippen molar-refractivity contribution in [1.82, 2.24) is 15.2 Å². The number of H-pyrrole nitrogens is 1. The molecule has 0 aliphatic carbocycles. The predicted octanol–water partition coefficient (Wildman–Crippen LogP) is 4.77. The summed E-state index contributed by atoms with van der Waals surface area (Å²) < 4.78 is 4.41. The molecule has 1 saturated heterocycles. The molecule has 1 aliphatic heterocycles. The summed E-state index contributed by atoms with van der Waals surface area (Å²) in [6.07, 6.45) is 1.79. The summed E-state index contributed by atoms with van der Waals surface area (Å²) >= 11 is 3.92. The molecule has 1 aromatic carbocycles. The average Bonchev–Trinajstić information content (AvgIpc) is 3.43. The summed E-state index contributed by atoms with van der Waals surface area (Å²) in [5, 5.41) is 7.14. The molecule has 3 aromatic heterocycles. The van der Waals surface area contributed by atoms with Crippen molar-refractivity contribution in [2.45, 2.75) is 0 Å². The molecule has 0 unspecified atom stereocenters. The van der Waals surface area contributed by atoms with Gasteiger partial charge in [0.15, 0.2) is 0 Å². The lowest BCUT2D eigenvalue weighted by atomic mass is 10.2. The number of pyridine rings is 1. The van der Waals surface area contributed by atoms with Crippen LogP contribution in [0.1, 0.15) is 0 Å². The molecule has 2 N–H and O–H groups in total. The van der Waals surface area contributed by atoms with Gasteiger partial charge in [-0.3, -0.25) is 5.10 Å². The van der Waals surface area contributed by atoms with Gasteiger partial charge >= 0.3 is 0 Å². The third-order valence-electron chi connectivity index (χ3n) is 5.06. The molecular weight excluding hydrogens is 483 g/mol. The Bertz CT molecular complexity index is 1070. The van der Waals surface area contributed by atoms with Gasteiger partial charge in [0.1, 0.15) is 5.82 Å². The number of benzene rings is 1. The van der Waals surface area contributed by atoms with Crippen LogP contribution >= 0.6 is 34.2 Å². The van der Waals surface area contributed by atoms with E-state index in [4.69, 9.17) is 4.98 Å². The van der Waals surface area contributed by atoms with Gasteiger partial charge in [-0.15, -0.1) is 11.3 Å². The number of piperazine rings is 1. The summed E-state index contributed by atoms with van der Waals surface area (Å²) in [7, 11) is 0. The van der Waals surface area contributed by atoms with E-state index in [2.05, 4.69) is 88.9 Å². The molecule has 142 valence electrons. The first-order chi connectivity index (χ1) is 13.8. The lowest BCUT2D eigenvalue weighted by molar-refractivity contribution is 0.655. The molecule has 8 heteroatoms. The molecule has 0 atom stereocenters. The zero-order valence-corrected chi connectivity index (χ0v) is 18.1. The summed E-state index contributed by atoms with van der Waals surface area (Å²) in [6.45, 7) is 4.01. The Labute approximate surface area is 181 Å². The van der Waals surface area contributed by atoms with E-state index < -0.39 is 0 Å². The Morgan fingerprint density at radius 1 is 1.00 bits per heavy atom. The number of hydrogen-bond donors (Lipinski definition) is 2. The van der Waals surface area contributed by atoms with Crippen LogP contribution in [0.5, 0.6) is 0 Å². The number of rotatable bonds is 4. The Morgan fingerprint density at radius 2 is 1.79 bits per heavy atom. The highest BCUT2D eigenvalue weighted by Gasteiger charge is 2.21. The number of halogens is 1. The van der Waals surface area contributed by atoms with E-state index in [-0.39, 0.29) is 0 Å². The molecule has 0 radical (unpaired) electrons. The summed E-state index contributed by atoms with van der Waals surface area (Å²) in [4.78, 5) is 10.9. The molecule has 0 amide bonds. The second-order valence-corrected chi connectivity index (χ2v) is 8.32. The average molecular weight is 502 g/mol. The lowest BCUT2D eigenvalue weighted by Gasteiger charge is -2.37. The third kappa shape index (κ3) is 3.30. The Kier molecular flexibility index (Phi) is 4.81. The number of para-hydroxylation sites is 1. The first-order valence-electron chi connectivity index (χ1n) is 9.18. The second-order valence-electron chi connectivity index (χ2n) is 6.73. The van der Waals surface area contributed by atoms with E-state index in [1.807, 2.05) is 6.07 Å². The van der Waals surface area contributed by atoms with E-state index >= 15 is 0 Å². The van der Waals surface area contributed by atoms with Gasteiger partial charge in [-0.25, -0.2) is 4.98 Å². The molecular formula is C20H19IN6S. The molecule has 4 aromatic rings. The van der Waals surface area contributed by atoms with Gasteiger partial charge in [-0.2, -0.15) is 5.10 Å². The first kappa shape index (κ1) is 17.7. The third-order valence-corrected chi connectivity index (χ3v) is 6.80. The van der Waals surface area contributed by atoms with Crippen LogP contribution in [0.3, 0.4) is 0 Å². The topological polar surface area (TPSA) is 60.1 Å². The van der Waals surface area contributed by atoms with Crippen LogP contribution < -0.4 is 13.3 Å². The molecule has 1 aliphatic rings. The highest BCUT2D eigenvalue weighted by molar-refractivity contribution is 14.1. The fourth-order valence-corrected chi connectivity index (χ4v) is 5.05. The summed E-state index contributed by atoms with van der Waals surface area (Å²) in [5.74, 6) is 0.891. The monoisotopic (exact) mass is 502 g/mol. The predicted molar refractivity (Wildman–Crippen MR) is 126 cm³/mol. The fourth-order valence-electron chi connectivity index (χ4n) is 3.66. The van der Waals surface area contributed by atoms with E-state index in [0.717, 1.165) is 48.1 Å². The minimum atomic E-state index is 0.891. The van der Waals surface area contributed by atoms with Gasteiger partial charge in [0.2, 0.25) is 0 Å². The lowest BCUT2D eigenvalue weighted by Crippen LogP contribution is -2.46. The maximum Gasteiger partial charge on any atom is 0.137 e. The molecule has 0 saturated carbocycles. The molecule has 4 heterocycles. The highest BCUT2D eigenvalue weighted by Crippen LogP contribution is 2.39. The van der Waals surface area contributed by atoms with Gasteiger partial charge in [0.25, 0.3) is 0 Å². The zero-order chi connectivity index (χ0) is 18.9. The van der Waals surface area contributed by atoms with Gasteiger partial charge in [0, 0.05) is 44.1 Å². The molecule has 0 bridgehead atoms. The number of aromatic nitrogens is 3. The SMILES string of the molecule is INc1cc(N2CCN(c3ccccc3)CC2)c2sc(-c3ccn[nH]3)cc2n1. The van der Waals surface area contributed by atoms with E-state index in [1.165, 1.54) is 16.1 Å². The molecule has 5 rings (SSSR count). The molecule has 6 nitrogen and oxygen atoms in total. The Morgan fingerprint density at radius 3 is 2.50 bits per heavy atom. The minimum absolute atomic E-state index is 0.891. The first-order valence-corrected chi connectivity index (χ1v) is 11.1. The number of anilines is 3. The zero-order valence-electron chi connectivity index (χ0n) is 15.1. The van der Waals surface area contributed by atoms with Crippen molar-refractivity contribution in [3.05, 3.63) is 54.7 Å². The molecule has 0 spiro atoms. The second kappa shape index (κ2) is 7.59. The van der Waals surface area contributed by atoms with Crippen LogP contribution in [0.2, 0.25) is 0 Å². The van der Waals surface area contributed by atoms with Crippen molar-refractivity contribution >= 4 is 61.6 Å². The highest BCUT2D eigenvalue weighted by atomic mass is 127. The van der Waals surface area contributed by atoms with Crippen LogP contribution in [-0.2, 0) is 0 Å². The van der Waals surface area contributed by atoms with Crippen LogP contribution in [0.25, 0.3) is 20.8 Å². The van der Waals surface area contributed by atoms with E-state index in [0.29, 0.717) is 0 Å². The number of hydrogen-bond acceptors (Lipinski definition) is 6. The van der Waals surface area contributed by atoms with Gasteiger partial charge < -0.3 is 13.3 Å². The van der Waals surface area contributed by atoms with Crippen LogP contribution in [0, 0.1) is 0 Å². The van der Waals surface area contributed by atoms with Crippen LogP contribution in [0.4, 0.5) is 17.2 Å². The van der Waals surface area contributed by atoms with E-state index in [1.54, 1.807) is 17.5 Å². The van der Waals surface area contributed by atoms with Gasteiger partial charge in [-0.05, 0) is 24.3 Å². The molecule has 1 fully saturated rings. The maximum atomic E-state index is 4.76. The fraction of sp³-hybridized carbons (Fsp3) is 0.200. The summed E-state index contributed by atoms with van der Waals surface area (Å²) in [6, 6.07) is 17.0. The maximum absolute atomic E-state index is 4.76. The largest absolute Gasteiger partial charge is 0.368 e. The van der Waals surface area contributed by atoms with Crippen molar-refractivity contribution in [3.8, 4) is 10.6 Å². The minimum Gasteiger partial charge on any atom is -0.368 e. The normalized spacial score (nSPS) is 14.6. The van der Waals surface area contributed by atoms with Crippen molar-refractivity contribution in [2.24, 2.45) is 0 Å². The number of fused-ring (bicyclic) bond motifs is 1.